The summed E-state index contributed by atoms with van der Waals surface area (Å²) in [5.41, 5.74) is 12.8. The molecule has 40 heavy (non-hydrogen) atoms. The minimum atomic E-state index is 0.480. The van der Waals surface area contributed by atoms with Gasteiger partial charge < -0.3 is 15.8 Å². The van der Waals surface area contributed by atoms with Crippen molar-refractivity contribution in [3.63, 3.8) is 0 Å². The van der Waals surface area contributed by atoms with Gasteiger partial charge in [0.25, 0.3) is 5.82 Å². The minimum Gasteiger partial charge on any atom is -0.494 e. The number of nitrogens with two attached hydrogens (primary N) is 1. The summed E-state index contributed by atoms with van der Waals surface area (Å²) < 4.78 is 17.9. The first kappa shape index (κ1) is 24.3. The van der Waals surface area contributed by atoms with Crippen molar-refractivity contribution >= 4 is 17.0 Å². The highest BCUT2D eigenvalue weighted by atomic mass is 16.6. The summed E-state index contributed by atoms with van der Waals surface area (Å²) in [5, 5.41) is 12.6. The van der Waals surface area contributed by atoms with E-state index in [4.69, 9.17) is 15.1 Å². The number of nitrogens with one attached hydrogen (secondary N) is 1. The second-order valence-electron chi connectivity index (χ2n) is 10.3. The zero-order chi connectivity index (χ0) is 27.1. The molecule has 9 heteroatoms. The minimum absolute atomic E-state index is 0.480. The average molecular weight is 535 g/mol. The molecule has 2 aromatic carbocycles. The monoisotopic (exact) mass is 534 g/mol. The van der Waals surface area contributed by atoms with Gasteiger partial charge >= 0.3 is 0 Å². The third-order valence-corrected chi connectivity index (χ3v) is 7.78. The van der Waals surface area contributed by atoms with Crippen molar-refractivity contribution in [2.75, 3.05) is 17.7 Å². The second-order valence-corrected chi connectivity index (χ2v) is 10.3. The fraction of sp³-hybridized carbons (Fsp3) is 0.258. The molecular formula is C31H32N7O2+. The summed E-state index contributed by atoms with van der Waals surface area (Å²) >= 11 is 0. The van der Waals surface area contributed by atoms with Crippen molar-refractivity contribution in [3.8, 4) is 28.4 Å². The van der Waals surface area contributed by atoms with E-state index >= 15 is 0 Å². The molecule has 2 aliphatic heterocycles. The molecule has 1 saturated carbocycles. The smallest absolute Gasteiger partial charge is 0.293 e. The quantitative estimate of drug-likeness (QED) is 0.191. The van der Waals surface area contributed by atoms with Crippen LogP contribution in [0.25, 0.3) is 28.1 Å². The summed E-state index contributed by atoms with van der Waals surface area (Å²) in [7, 11) is 0. The predicted octanol–water partition coefficient (Wildman–Crippen LogP) is 5.75. The van der Waals surface area contributed by atoms with Crippen LogP contribution < -0.4 is 20.5 Å². The molecule has 0 bridgehead atoms. The number of hydrogen-bond acceptors (Lipinski definition) is 6. The molecule has 3 N–H and O–H groups in total. The van der Waals surface area contributed by atoms with Crippen LogP contribution >= 0.6 is 0 Å². The van der Waals surface area contributed by atoms with E-state index in [0.29, 0.717) is 19.1 Å². The number of nitrogen functional groups attached to an aromatic ring is 1. The summed E-state index contributed by atoms with van der Waals surface area (Å²) in [5.74, 6) is 2.96. The molecule has 3 aliphatic rings. The maximum absolute atomic E-state index is 6.56. The number of para-hydroxylation sites is 1. The summed E-state index contributed by atoms with van der Waals surface area (Å²) in [4.78, 5) is 0. The van der Waals surface area contributed by atoms with Crippen LogP contribution in [0, 0.1) is 0 Å². The Morgan fingerprint density at radius 3 is 2.67 bits per heavy atom. The molecule has 0 spiro atoms. The lowest BCUT2D eigenvalue weighted by atomic mass is 10.0. The molecule has 4 heterocycles. The first-order valence-corrected chi connectivity index (χ1v) is 13.9. The third kappa shape index (κ3) is 4.23. The summed E-state index contributed by atoms with van der Waals surface area (Å²) in [6, 6.07) is 24.2. The molecule has 0 amide bonds. The third-order valence-electron chi connectivity index (χ3n) is 7.78. The molecule has 0 atom stereocenters. The van der Waals surface area contributed by atoms with Gasteiger partial charge in [0.1, 0.15) is 17.6 Å². The predicted molar refractivity (Wildman–Crippen MR) is 153 cm³/mol. The second kappa shape index (κ2) is 10.1. The number of benzene rings is 2. The van der Waals surface area contributed by atoms with Crippen LogP contribution in [0.3, 0.4) is 0 Å². The topological polar surface area (TPSA) is 99.4 Å². The van der Waals surface area contributed by atoms with E-state index in [9.17, 15) is 0 Å². The van der Waals surface area contributed by atoms with Crippen LogP contribution in [0.4, 0.5) is 11.5 Å². The highest BCUT2D eigenvalue weighted by Gasteiger charge is 2.30. The van der Waals surface area contributed by atoms with Crippen molar-refractivity contribution in [1.29, 1.82) is 0 Å². The van der Waals surface area contributed by atoms with Gasteiger partial charge in [-0.15, -0.1) is 9.78 Å². The molecular weight excluding hydrogens is 502 g/mol. The maximum atomic E-state index is 6.56. The molecule has 0 radical (unpaired) electrons. The molecule has 1 fully saturated rings. The van der Waals surface area contributed by atoms with Crippen LogP contribution in [-0.2, 0) is 6.54 Å². The molecule has 0 saturated heterocycles. The molecule has 0 unspecified atom stereocenters. The van der Waals surface area contributed by atoms with Crippen molar-refractivity contribution < 1.29 is 14.1 Å². The Kier molecular flexibility index (Phi) is 6.11. The first-order chi connectivity index (χ1) is 19.7. The highest BCUT2D eigenvalue weighted by molar-refractivity contribution is 5.87. The molecule has 2 aromatic heterocycles. The number of aromatic nitrogens is 5. The highest BCUT2D eigenvalue weighted by Crippen LogP contribution is 2.35. The van der Waals surface area contributed by atoms with E-state index in [2.05, 4.69) is 33.8 Å². The standard InChI is InChI=1S/C31H31N7O2/c1-2-39-28-10-6-5-9-23(28)19-33-29-17-15-26-31(22-11-13-24(32)14-12-22)27-16-18-30(38(27)40-37(26)29)36-20-25(34-35-36)21-7-3-4-8-21/h5-6,9-18,20-21H,2-4,7-8,19H2,1H3,(H2,32,33)/p+1. The van der Waals surface area contributed by atoms with Gasteiger partial charge in [0.15, 0.2) is 11.2 Å². The fourth-order valence-corrected chi connectivity index (χ4v) is 5.77. The molecule has 1 aliphatic carbocycles. The van der Waals surface area contributed by atoms with Crippen LogP contribution in [-0.4, -0.2) is 26.2 Å². The number of ether oxygens (including phenoxy) is 1. The van der Waals surface area contributed by atoms with Gasteiger partial charge in [0.2, 0.25) is 5.82 Å². The molecule has 9 nitrogen and oxygen atoms in total. The Hall–Kier alpha value is -4.79. The molecule has 202 valence electrons. The van der Waals surface area contributed by atoms with Gasteiger partial charge in [-0.25, -0.2) is 0 Å². The Bertz CT molecular complexity index is 1740. The number of rotatable bonds is 8. The zero-order valence-corrected chi connectivity index (χ0v) is 22.5. The Labute approximate surface area is 232 Å². The van der Waals surface area contributed by atoms with Gasteiger partial charge in [0.05, 0.1) is 12.2 Å². The number of hydrogen-bond donors (Lipinski definition) is 2. The van der Waals surface area contributed by atoms with Gasteiger partial charge in [-0.1, -0.05) is 47.7 Å². The van der Waals surface area contributed by atoms with Gasteiger partial charge in [0, 0.05) is 41.1 Å². The summed E-state index contributed by atoms with van der Waals surface area (Å²) in [6.45, 7) is 3.19. The lowest BCUT2D eigenvalue weighted by molar-refractivity contribution is -0.796. The molecule has 7 rings (SSSR count). The van der Waals surface area contributed by atoms with Gasteiger partial charge in [-0.3, -0.25) is 0 Å². The van der Waals surface area contributed by atoms with Gasteiger partial charge in [-0.05, 0) is 60.4 Å². The largest absolute Gasteiger partial charge is 0.494 e. The van der Waals surface area contributed by atoms with E-state index in [1.54, 1.807) is 0 Å². The number of fused-ring (bicyclic) bond motifs is 2. The average Bonchev–Trinajstić information content (AvgIpc) is 3.78. The van der Waals surface area contributed by atoms with E-state index in [0.717, 1.165) is 56.7 Å². The van der Waals surface area contributed by atoms with Crippen LogP contribution in [0.15, 0.2) is 83.6 Å². The number of nitrogens with zero attached hydrogens (tertiary/aromatic N) is 5. The maximum Gasteiger partial charge on any atom is 0.293 e. The van der Waals surface area contributed by atoms with Crippen LogP contribution in [0.2, 0.25) is 0 Å². The Balaban J connectivity index is 1.33. The van der Waals surface area contributed by atoms with Crippen molar-refractivity contribution in [3.05, 3.63) is 90.3 Å². The summed E-state index contributed by atoms with van der Waals surface area (Å²) in [6.07, 6.45) is 6.89. The van der Waals surface area contributed by atoms with Crippen LogP contribution in [0.5, 0.6) is 5.75 Å². The zero-order valence-electron chi connectivity index (χ0n) is 22.5. The lowest BCUT2D eigenvalue weighted by Crippen LogP contribution is -2.36. The normalized spacial score (nSPS) is 13.9. The van der Waals surface area contributed by atoms with E-state index in [1.807, 2.05) is 81.7 Å². The van der Waals surface area contributed by atoms with E-state index < -0.39 is 0 Å². The Morgan fingerprint density at radius 1 is 1.02 bits per heavy atom. The van der Waals surface area contributed by atoms with Crippen molar-refractivity contribution in [2.24, 2.45) is 0 Å². The van der Waals surface area contributed by atoms with Crippen molar-refractivity contribution in [2.45, 2.75) is 45.1 Å². The van der Waals surface area contributed by atoms with E-state index in [1.165, 1.54) is 25.7 Å². The fourth-order valence-electron chi connectivity index (χ4n) is 5.77. The van der Waals surface area contributed by atoms with Crippen molar-refractivity contribution in [1.82, 2.24) is 19.6 Å². The number of anilines is 2. The lowest BCUT2D eigenvalue weighted by Gasteiger charge is -2.12. The van der Waals surface area contributed by atoms with E-state index in [-0.39, 0.29) is 0 Å². The first-order valence-electron chi connectivity index (χ1n) is 13.9. The SMILES string of the molecule is CCOc1ccccc1CNc1ccc2c(-c3ccc(N)cc3)c3ccc(-n4cc(C5CCCC5)nn4)[n+]-3on12. The molecule has 4 aromatic rings. The Morgan fingerprint density at radius 2 is 1.85 bits per heavy atom. The van der Waals surface area contributed by atoms with Gasteiger partial charge in [-0.2, -0.15) is 4.63 Å². The van der Waals surface area contributed by atoms with Crippen LogP contribution in [0.1, 0.15) is 49.8 Å².